The van der Waals surface area contributed by atoms with E-state index >= 15 is 0 Å². The molecule has 24 heavy (non-hydrogen) atoms. The second kappa shape index (κ2) is 6.58. The molecule has 1 N–H and O–H groups in total. The number of hydrogen-bond donors (Lipinski definition) is 1. The van der Waals surface area contributed by atoms with Crippen molar-refractivity contribution in [3.63, 3.8) is 0 Å². The van der Waals surface area contributed by atoms with E-state index in [0.717, 1.165) is 38.8 Å². The van der Waals surface area contributed by atoms with Crippen molar-refractivity contribution in [2.24, 2.45) is 11.3 Å². The monoisotopic (exact) mass is 329 g/mol. The molecule has 1 saturated carbocycles. The zero-order chi connectivity index (χ0) is 17.3. The van der Waals surface area contributed by atoms with Crippen LogP contribution in [0.1, 0.15) is 56.6 Å². The summed E-state index contributed by atoms with van der Waals surface area (Å²) in [6, 6.07) is 8.54. The summed E-state index contributed by atoms with van der Waals surface area (Å²) in [6.45, 7) is 5.79. The molecule has 3 rings (SSSR count). The highest BCUT2D eigenvalue weighted by molar-refractivity contribution is 5.77. The molecule has 0 aromatic heterocycles. The van der Waals surface area contributed by atoms with E-state index in [-0.39, 0.29) is 17.2 Å². The summed E-state index contributed by atoms with van der Waals surface area (Å²) >= 11 is 0. The van der Waals surface area contributed by atoms with Gasteiger partial charge in [0.15, 0.2) is 0 Å². The van der Waals surface area contributed by atoms with Crippen molar-refractivity contribution in [1.82, 2.24) is 4.90 Å². The Labute approximate surface area is 143 Å². The largest absolute Gasteiger partial charge is 0.481 e. The Morgan fingerprint density at radius 2 is 1.83 bits per heavy atom. The Kier molecular flexibility index (Phi) is 4.66. The first-order valence-electron chi connectivity index (χ1n) is 9.01. The number of carbonyl (C=O) groups is 2. The number of likely N-dealkylation sites (tertiary alicyclic amines) is 1. The first-order valence-corrected chi connectivity index (χ1v) is 9.01. The highest BCUT2D eigenvalue weighted by atomic mass is 16.4. The van der Waals surface area contributed by atoms with Gasteiger partial charge in [0.2, 0.25) is 5.91 Å². The van der Waals surface area contributed by atoms with E-state index in [1.807, 2.05) is 4.90 Å². The maximum atomic E-state index is 12.4. The zero-order valence-corrected chi connectivity index (χ0v) is 14.6. The fourth-order valence-corrected chi connectivity index (χ4v) is 3.93. The van der Waals surface area contributed by atoms with E-state index < -0.39 is 5.97 Å². The van der Waals surface area contributed by atoms with Crippen LogP contribution in [0.25, 0.3) is 0 Å². The molecule has 1 saturated heterocycles. The number of benzene rings is 1. The summed E-state index contributed by atoms with van der Waals surface area (Å²) < 4.78 is 0. The summed E-state index contributed by atoms with van der Waals surface area (Å²) in [7, 11) is 0. The maximum Gasteiger partial charge on any atom is 0.307 e. The van der Waals surface area contributed by atoms with Crippen molar-refractivity contribution < 1.29 is 14.7 Å². The van der Waals surface area contributed by atoms with Gasteiger partial charge in [0.1, 0.15) is 0 Å². The van der Waals surface area contributed by atoms with Gasteiger partial charge in [0.25, 0.3) is 0 Å². The second-order valence-corrected chi connectivity index (χ2v) is 7.73. The van der Waals surface area contributed by atoms with Crippen molar-refractivity contribution in [3.8, 4) is 0 Å². The van der Waals surface area contributed by atoms with E-state index in [4.69, 9.17) is 5.11 Å². The molecule has 0 bridgehead atoms. The number of carboxylic acids is 1. The van der Waals surface area contributed by atoms with Gasteiger partial charge in [-0.25, -0.2) is 0 Å². The van der Waals surface area contributed by atoms with Crippen LogP contribution in [0, 0.1) is 11.3 Å². The molecule has 1 unspecified atom stereocenters. The number of amides is 1. The topological polar surface area (TPSA) is 57.6 Å². The molecule has 4 nitrogen and oxygen atoms in total. The predicted molar refractivity (Wildman–Crippen MR) is 92.8 cm³/mol. The van der Waals surface area contributed by atoms with E-state index in [1.165, 1.54) is 11.1 Å². The van der Waals surface area contributed by atoms with Crippen molar-refractivity contribution in [2.45, 2.75) is 51.9 Å². The number of carboxylic acid groups (broad SMARTS) is 1. The van der Waals surface area contributed by atoms with Gasteiger partial charge >= 0.3 is 5.97 Å². The molecule has 1 aromatic rings. The molecule has 4 heteroatoms. The van der Waals surface area contributed by atoms with Gasteiger partial charge in [0, 0.05) is 19.5 Å². The minimum atomic E-state index is -0.667. The molecule has 1 aromatic carbocycles. The van der Waals surface area contributed by atoms with E-state index in [9.17, 15) is 9.59 Å². The van der Waals surface area contributed by atoms with Gasteiger partial charge in [-0.2, -0.15) is 0 Å². The molecular weight excluding hydrogens is 302 g/mol. The summed E-state index contributed by atoms with van der Waals surface area (Å²) in [5, 5.41) is 9.13. The van der Waals surface area contributed by atoms with Gasteiger partial charge in [-0.15, -0.1) is 0 Å². The normalized spacial score (nSPS) is 22.0. The van der Waals surface area contributed by atoms with Crippen LogP contribution in [0.5, 0.6) is 0 Å². The fraction of sp³-hybridized carbons (Fsp3) is 0.600. The molecule has 2 aliphatic rings. The van der Waals surface area contributed by atoms with Crippen molar-refractivity contribution in [3.05, 3.63) is 35.4 Å². The number of aliphatic carboxylic acids is 1. The first kappa shape index (κ1) is 17.0. The lowest BCUT2D eigenvalue weighted by Crippen LogP contribution is -2.40. The molecule has 1 spiro atoms. The summed E-state index contributed by atoms with van der Waals surface area (Å²) in [4.78, 5) is 25.4. The fourth-order valence-electron chi connectivity index (χ4n) is 3.93. The third-order valence-electron chi connectivity index (χ3n) is 5.87. The second-order valence-electron chi connectivity index (χ2n) is 7.73. The number of piperidine rings is 1. The average Bonchev–Trinajstić information content (AvgIpc) is 3.27. The number of carbonyl (C=O) groups excluding carboxylic acids is 1. The van der Waals surface area contributed by atoms with E-state index in [2.05, 4.69) is 38.1 Å². The Balaban J connectivity index is 1.46. The lowest BCUT2D eigenvalue weighted by atomic mass is 9.90. The van der Waals surface area contributed by atoms with E-state index in [1.54, 1.807) is 0 Å². The van der Waals surface area contributed by atoms with Crippen molar-refractivity contribution in [2.75, 3.05) is 13.1 Å². The molecule has 1 aliphatic carbocycles. The van der Waals surface area contributed by atoms with E-state index in [0.29, 0.717) is 12.3 Å². The Morgan fingerprint density at radius 3 is 2.33 bits per heavy atom. The highest BCUT2D eigenvalue weighted by Crippen LogP contribution is 2.59. The Morgan fingerprint density at radius 1 is 1.21 bits per heavy atom. The minimum Gasteiger partial charge on any atom is -0.481 e. The summed E-state index contributed by atoms with van der Waals surface area (Å²) in [6.07, 6.45) is 3.80. The smallest absolute Gasteiger partial charge is 0.307 e. The average molecular weight is 329 g/mol. The van der Waals surface area contributed by atoms with Crippen LogP contribution in [0.3, 0.4) is 0 Å². The molecule has 130 valence electrons. The number of aryl methyl sites for hydroxylation is 1. The van der Waals surface area contributed by atoms with Gasteiger partial charge < -0.3 is 10.0 Å². The molecular formula is C20H27NO3. The molecule has 0 radical (unpaired) electrons. The summed E-state index contributed by atoms with van der Waals surface area (Å²) in [5.74, 6) is -0.113. The molecule has 1 amide bonds. The standard InChI is InChI=1S/C20H27NO3/c1-14(2)16-6-3-15(4-7-16)5-8-18(22)21-11-9-20(10-12-21)13-17(20)19(23)24/h3-4,6-7,14,17H,5,8-13H2,1-2H3,(H,23,24). The Bertz CT molecular complexity index is 612. The molecule has 1 atom stereocenters. The van der Waals surface area contributed by atoms with Crippen LogP contribution < -0.4 is 0 Å². The lowest BCUT2D eigenvalue weighted by molar-refractivity contribution is -0.139. The van der Waals surface area contributed by atoms with Crippen molar-refractivity contribution in [1.29, 1.82) is 0 Å². The highest BCUT2D eigenvalue weighted by Gasteiger charge is 2.59. The molecule has 2 fully saturated rings. The van der Waals surface area contributed by atoms with Crippen LogP contribution in [-0.2, 0) is 16.0 Å². The van der Waals surface area contributed by atoms with Crippen LogP contribution in [0.15, 0.2) is 24.3 Å². The number of rotatable bonds is 5. The van der Waals surface area contributed by atoms with Crippen LogP contribution >= 0.6 is 0 Å². The van der Waals surface area contributed by atoms with Crippen LogP contribution in [-0.4, -0.2) is 35.0 Å². The lowest BCUT2D eigenvalue weighted by Gasteiger charge is -2.32. The number of nitrogens with zero attached hydrogens (tertiary/aromatic N) is 1. The third kappa shape index (κ3) is 3.47. The van der Waals surface area contributed by atoms with Gasteiger partial charge in [-0.1, -0.05) is 38.1 Å². The third-order valence-corrected chi connectivity index (χ3v) is 5.87. The van der Waals surface area contributed by atoms with Crippen LogP contribution in [0.2, 0.25) is 0 Å². The quantitative estimate of drug-likeness (QED) is 0.900. The maximum absolute atomic E-state index is 12.4. The predicted octanol–water partition coefficient (Wildman–Crippen LogP) is 3.46. The van der Waals surface area contributed by atoms with Crippen LogP contribution in [0.4, 0.5) is 0 Å². The van der Waals surface area contributed by atoms with Crippen molar-refractivity contribution >= 4 is 11.9 Å². The first-order chi connectivity index (χ1) is 11.4. The van der Waals surface area contributed by atoms with Gasteiger partial charge in [0.05, 0.1) is 5.92 Å². The summed E-state index contributed by atoms with van der Waals surface area (Å²) in [5.41, 5.74) is 2.52. The Hall–Kier alpha value is -1.84. The SMILES string of the molecule is CC(C)c1ccc(CCC(=O)N2CCC3(CC2)CC3C(=O)O)cc1. The minimum absolute atomic E-state index is 0.00467. The molecule has 1 aliphatic heterocycles. The zero-order valence-electron chi connectivity index (χ0n) is 14.6. The molecule has 1 heterocycles. The number of hydrogen-bond acceptors (Lipinski definition) is 2. The van der Waals surface area contributed by atoms with Gasteiger partial charge in [-0.05, 0) is 48.1 Å². The van der Waals surface area contributed by atoms with Gasteiger partial charge in [-0.3, -0.25) is 9.59 Å².